The van der Waals surface area contributed by atoms with Gasteiger partial charge in [-0.15, -0.1) is 12.4 Å². The molecule has 118 valence electrons. The second-order valence-electron chi connectivity index (χ2n) is 7.42. The first-order chi connectivity index (χ1) is 8.97. The summed E-state index contributed by atoms with van der Waals surface area (Å²) in [5, 5.41) is 3.30. The van der Waals surface area contributed by atoms with Gasteiger partial charge in [-0.25, -0.2) is 0 Å². The Morgan fingerprint density at radius 1 is 1.10 bits per heavy atom. The number of piperazine rings is 1. The molecule has 1 saturated heterocycles. The molecule has 1 aliphatic heterocycles. The molecule has 1 heterocycles. The fraction of sp³-hybridized carbons (Fsp3) is 0.938. The number of rotatable bonds is 2. The molecule has 2 fully saturated rings. The lowest BCUT2D eigenvalue weighted by Crippen LogP contribution is -2.46. The van der Waals surface area contributed by atoms with Crippen molar-refractivity contribution in [2.75, 3.05) is 26.2 Å². The summed E-state index contributed by atoms with van der Waals surface area (Å²) in [6.45, 7) is 10.8. The number of amides is 1. The summed E-state index contributed by atoms with van der Waals surface area (Å²) in [5.74, 6) is 1.87. The molecule has 0 aromatic heterocycles. The van der Waals surface area contributed by atoms with Gasteiger partial charge in [0.2, 0.25) is 5.91 Å². The Bertz CT molecular complexity index is 300. The summed E-state index contributed by atoms with van der Waals surface area (Å²) in [6.07, 6.45) is 5.91. The molecule has 0 radical (unpaired) electrons. The fourth-order valence-corrected chi connectivity index (χ4v) is 3.52. The van der Waals surface area contributed by atoms with Crippen LogP contribution in [-0.4, -0.2) is 37.0 Å². The van der Waals surface area contributed by atoms with Crippen LogP contribution in [0.2, 0.25) is 0 Å². The topological polar surface area (TPSA) is 32.3 Å². The van der Waals surface area contributed by atoms with Crippen molar-refractivity contribution in [3.8, 4) is 0 Å². The minimum atomic E-state index is 0. The van der Waals surface area contributed by atoms with Gasteiger partial charge in [-0.1, -0.05) is 20.8 Å². The van der Waals surface area contributed by atoms with Crippen molar-refractivity contribution in [1.82, 2.24) is 10.2 Å². The molecule has 2 aliphatic rings. The Labute approximate surface area is 130 Å². The monoisotopic (exact) mass is 302 g/mol. The summed E-state index contributed by atoms with van der Waals surface area (Å²) >= 11 is 0. The van der Waals surface area contributed by atoms with Gasteiger partial charge in [-0.3, -0.25) is 4.79 Å². The highest BCUT2D eigenvalue weighted by Crippen LogP contribution is 2.40. The smallest absolute Gasteiger partial charge is 0.222 e. The van der Waals surface area contributed by atoms with Gasteiger partial charge in [0.1, 0.15) is 0 Å². The normalized spacial score (nSPS) is 27.9. The highest BCUT2D eigenvalue weighted by molar-refractivity contribution is 5.85. The molecule has 1 saturated carbocycles. The zero-order valence-electron chi connectivity index (χ0n) is 13.3. The lowest BCUT2D eigenvalue weighted by Gasteiger charge is -2.37. The van der Waals surface area contributed by atoms with Gasteiger partial charge in [0.05, 0.1) is 0 Å². The third-order valence-electron chi connectivity index (χ3n) is 5.00. The lowest BCUT2D eigenvalue weighted by molar-refractivity contribution is -0.133. The average Bonchev–Trinajstić information content (AvgIpc) is 2.39. The summed E-state index contributed by atoms with van der Waals surface area (Å²) in [5.41, 5.74) is 0.438. The molecule has 0 aromatic rings. The van der Waals surface area contributed by atoms with Crippen LogP contribution in [0.4, 0.5) is 0 Å². The van der Waals surface area contributed by atoms with Gasteiger partial charge in [0.25, 0.3) is 0 Å². The Hall–Kier alpha value is -0.280. The molecule has 0 aromatic carbocycles. The van der Waals surface area contributed by atoms with E-state index in [9.17, 15) is 4.79 Å². The second-order valence-corrected chi connectivity index (χ2v) is 7.42. The third-order valence-corrected chi connectivity index (χ3v) is 5.00. The minimum absolute atomic E-state index is 0. The Balaban J connectivity index is 0.00000200. The predicted octanol–water partition coefficient (Wildman–Crippen LogP) is 3.08. The minimum Gasteiger partial charge on any atom is -0.340 e. The zero-order chi connectivity index (χ0) is 13.9. The van der Waals surface area contributed by atoms with Crippen molar-refractivity contribution < 1.29 is 4.79 Å². The van der Waals surface area contributed by atoms with Crippen molar-refractivity contribution in [2.24, 2.45) is 17.3 Å². The highest BCUT2D eigenvalue weighted by Gasteiger charge is 2.31. The maximum Gasteiger partial charge on any atom is 0.222 e. The van der Waals surface area contributed by atoms with E-state index < -0.39 is 0 Å². The number of hydrogen-bond donors (Lipinski definition) is 1. The molecule has 3 nitrogen and oxygen atoms in total. The van der Waals surface area contributed by atoms with E-state index in [0.29, 0.717) is 17.2 Å². The van der Waals surface area contributed by atoms with Gasteiger partial charge in [0, 0.05) is 32.6 Å². The van der Waals surface area contributed by atoms with Crippen LogP contribution >= 0.6 is 12.4 Å². The van der Waals surface area contributed by atoms with Crippen LogP contribution in [0.25, 0.3) is 0 Å². The Morgan fingerprint density at radius 2 is 1.65 bits per heavy atom. The van der Waals surface area contributed by atoms with Crippen LogP contribution in [0.1, 0.15) is 52.9 Å². The van der Waals surface area contributed by atoms with Gasteiger partial charge in [-0.05, 0) is 42.9 Å². The molecule has 20 heavy (non-hydrogen) atoms. The van der Waals surface area contributed by atoms with E-state index in [1.807, 2.05) is 4.90 Å². The van der Waals surface area contributed by atoms with Crippen LogP contribution in [0.3, 0.4) is 0 Å². The summed E-state index contributed by atoms with van der Waals surface area (Å²) in [6, 6.07) is 0. The van der Waals surface area contributed by atoms with E-state index in [4.69, 9.17) is 0 Å². The van der Waals surface area contributed by atoms with E-state index in [2.05, 4.69) is 26.1 Å². The van der Waals surface area contributed by atoms with Crippen molar-refractivity contribution >= 4 is 18.3 Å². The molecule has 1 amide bonds. The molecule has 0 atom stereocenters. The maximum absolute atomic E-state index is 12.2. The summed E-state index contributed by atoms with van der Waals surface area (Å²) in [7, 11) is 0. The molecule has 0 unspecified atom stereocenters. The first kappa shape index (κ1) is 17.8. The standard InChI is InChI=1S/C16H30N2O.ClH/c1-16(2,3)14-6-4-13(5-7-14)12-15(19)18-10-8-17-9-11-18;/h13-14,17H,4-12H2,1-3H3;1H. The van der Waals surface area contributed by atoms with Crippen LogP contribution < -0.4 is 5.32 Å². The number of carbonyl (C=O) groups excluding carboxylic acids is 1. The predicted molar refractivity (Wildman–Crippen MR) is 86.2 cm³/mol. The zero-order valence-corrected chi connectivity index (χ0v) is 14.1. The first-order valence-corrected chi connectivity index (χ1v) is 7.95. The Kier molecular flexibility index (Phi) is 6.80. The quantitative estimate of drug-likeness (QED) is 0.850. The van der Waals surface area contributed by atoms with Crippen LogP contribution in [0.5, 0.6) is 0 Å². The van der Waals surface area contributed by atoms with Crippen molar-refractivity contribution in [2.45, 2.75) is 52.9 Å². The number of carbonyl (C=O) groups is 1. The van der Waals surface area contributed by atoms with E-state index in [1.165, 1.54) is 25.7 Å². The van der Waals surface area contributed by atoms with Gasteiger partial charge in [-0.2, -0.15) is 0 Å². The van der Waals surface area contributed by atoms with Gasteiger partial charge < -0.3 is 10.2 Å². The number of nitrogens with zero attached hydrogens (tertiary/aromatic N) is 1. The number of hydrogen-bond acceptors (Lipinski definition) is 2. The first-order valence-electron chi connectivity index (χ1n) is 7.95. The highest BCUT2D eigenvalue weighted by atomic mass is 35.5. The van der Waals surface area contributed by atoms with E-state index in [0.717, 1.165) is 38.5 Å². The Morgan fingerprint density at radius 3 is 2.15 bits per heavy atom. The van der Waals surface area contributed by atoms with Crippen molar-refractivity contribution in [3.63, 3.8) is 0 Å². The van der Waals surface area contributed by atoms with Gasteiger partial charge >= 0.3 is 0 Å². The van der Waals surface area contributed by atoms with Crippen molar-refractivity contribution in [3.05, 3.63) is 0 Å². The molecular weight excluding hydrogens is 272 g/mol. The summed E-state index contributed by atoms with van der Waals surface area (Å²) in [4.78, 5) is 14.3. The molecule has 0 spiro atoms. The fourth-order valence-electron chi connectivity index (χ4n) is 3.52. The van der Waals surface area contributed by atoms with E-state index >= 15 is 0 Å². The largest absolute Gasteiger partial charge is 0.340 e. The molecule has 4 heteroatoms. The average molecular weight is 303 g/mol. The second kappa shape index (κ2) is 7.65. The molecule has 2 rings (SSSR count). The summed E-state index contributed by atoms with van der Waals surface area (Å²) < 4.78 is 0. The molecular formula is C16H31ClN2O. The molecule has 1 aliphatic carbocycles. The van der Waals surface area contributed by atoms with Crippen LogP contribution in [-0.2, 0) is 4.79 Å². The SMILES string of the molecule is CC(C)(C)C1CCC(CC(=O)N2CCNCC2)CC1.Cl. The molecule has 0 bridgehead atoms. The van der Waals surface area contributed by atoms with Crippen LogP contribution in [0.15, 0.2) is 0 Å². The maximum atomic E-state index is 12.2. The van der Waals surface area contributed by atoms with E-state index in [1.54, 1.807) is 0 Å². The van der Waals surface area contributed by atoms with Crippen molar-refractivity contribution in [1.29, 1.82) is 0 Å². The lowest BCUT2D eigenvalue weighted by atomic mass is 9.69. The number of nitrogens with one attached hydrogen (secondary N) is 1. The number of halogens is 1. The van der Waals surface area contributed by atoms with Crippen LogP contribution in [0, 0.1) is 17.3 Å². The third kappa shape index (κ3) is 4.92. The molecule has 1 N–H and O–H groups in total. The van der Waals surface area contributed by atoms with Gasteiger partial charge in [0.15, 0.2) is 0 Å². The van der Waals surface area contributed by atoms with E-state index in [-0.39, 0.29) is 12.4 Å².